The van der Waals surface area contributed by atoms with Gasteiger partial charge in [0.1, 0.15) is 0 Å². The molecular formula is C12H22O4. The average molecular weight is 230 g/mol. The molecule has 0 bridgehead atoms. The van der Waals surface area contributed by atoms with Crippen molar-refractivity contribution >= 4 is 5.97 Å². The van der Waals surface area contributed by atoms with E-state index in [-0.39, 0.29) is 30.2 Å². The summed E-state index contributed by atoms with van der Waals surface area (Å²) < 4.78 is 10.7. The molecule has 0 aromatic heterocycles. The van der Waals surface area contributed by atoms with Gasteiger partial charge >= 0.3 is 5.97 Å². The minimum absolute atomic E-state index is 0.0530. The fourth-order valence-electron chi connectivity index (χ4n) is 2.08. The van der Waals surface area contributed by atoms with E-state index in [1.54, 1.807) is 13.8 Å². The van der Waals surface area contributed by atoms with Gasteiger partial charge in [0.15, 0.2) is 0 Å². The second-order valence-electron chi connectivity index (χ2n) is 4.50. The Labute approximate surface area is 96.9 Å². The molecule has 1 saturated heterocycles. The molecule has 4 nitrogen and oxygen atoms in total. The Morgan fingerprint density at radius 3 is 2.75 bits per heavy atom. The molecule has 0 saturated carbocycles. The molecular weight excluding hydrogens is 208 g/mol. The van der Waals surface area contributed by atoms with E-state index < -0.39 is 0 Å². The predicted molar refractivity (Wildman–Crippen MR) is 60.0 cm³/mol. The highest BCUT2D eigenvalue weighted by Crippen LogP contribution is 2.28. The number of carbonyl (C=O) groups excluding carboxylic acids is 1. The average Bonchev–Trinajstić information content (AvgIpc) is 2.64. The topological polar surface area (TPSA) is 55.8 Å². The molecule has 1 N–H and O–H groups in total. The van der Waals surface area contributed by atoms with Crippen LogP contribution in [0.1, 0.15) is 40.0 Å². The predicted octanol–water partition coefficient (Wildman–Crippen LogP) is 1.50. The summed E-state index contributed by atoms with van der Waals surface area (Å²) in [7, 11) is 0. The lowest BCUT2D eigenvalue weighted by atomic mass is 10.0. The zero-order chi connectivity index (χ0) is 12.1. The van der Waals surface area contributed by atoms with Gasteiger partial charge in [-0.05, 0) is 40.0 Å². The van der Waals surface area contributed by atoms with E-state index in [2.05, 4.69) is 0 Å². The van der Waals surface area contributed by atoms with Crippen molar-refractivity contribution in [3.8, 4) is 0 Å². The van der Waals surface area contributed by atoms with Gasteiger partial charge in [-0.2, -0.15) is 0 Å². The standard InChI is InChI=1S/C12H22O4/c1-4-15-12(14)9(3)11-6-5-10(16-11)7-8(2)13/h8-11,13H,4-7H2,1-3H3/t8-,9+,10-,11+/m0/s1. The van der Waals surface area contributed by atoms with E-state index >= 15 is 0 Å². The van der Waals surface area contributed by atoms with Crippen LogP contribution in [0.2, 0.25) is 0 Å². The zero-order valence-electron chi connectivity index (χ0n) is 10.3. The summed E-state index contributed by atoms with van der Waals surface area (Å²) in [6, 6.07) is 0. The highest BCUT2D eigenvalue weighted by atomic mass is 16.5. The normalized spacial score (nSPS) is 28.8. The van der Waals surface area contributed by atoms with Crippen molar-refractivity contribution in [3.05, 3.63) is 0 Å². The Morgan fingerprint density at radius 1 is 1.50 bits per heavy atom. The van der Waals surface area contributed by atoms with Gasteiger partial charge in [-0.25, -0.2) is 0 Å². The number of aliphatic hydroxyl groups excluding tert-OH is 1. The van der Waals surface area contributed by atoms with Crippen molar-refractivity contribution in [1.29, 1.82) is 0 Å². The number of ether oxygens (including phenoxy) is 2. The molecule has 16 heavy (non-hydrogen) atoms. The minimum Gasteiger partial charge on any atom is -0.466 e. The molecule has 4 heteroatoms. The summed E-state index contributed by atoms with van der Waals surface area (Å²) in [4.78, 5) is 11.5. The molecule has 0 aliphatic carbocycles. The Bertz CT molecular complexity index is 227. The first-order valence-corrected chi connectivity index (χ1v) is 6.04. The van der Waals surface area contributed by atoms with E-state index in [0.717, 1.165) is 12.8 Å². The molecule has 1 aliphatic rings. The lowest BCUT2D eigenvalue weighted by molar-refractivity contribution is -0.152. The molecule has 0 unspecified atom stereocenters. The first-order valence-electron chi connectivity index (χ1n) is 6.04. The van der Waals surface area contributed by atoms with Crippen molar-refractivity contribution in [2.75, 3.05) is 6.61 Å². The monoisotopic (exact) mass is 230 g/mol. The zero-order valence-corrected chi connectivity index (χ0v) is 10.3. The summed E-state index contributed by atoms with van der Waals surface area (Å²) in [5, 5.41) is 9.26. The molecule has 0 aromatic carbocycles. The maximum absolute atomic E-state index is 11.5. The summed E-state index contributed by atoms with van der Waals surface area (Å²) in [6.07, 6.45) is 2.12. The van der Waals surface area contributed by atoms with Crippen LogP contribution in [-0.2, 0) is 14.3 Å². The summed E-state index contributed by atoms with van der Waals surface area (Å²) >= 11 is 0. The SMILES string of the molecule is CCOC(=O)[C@H](C)[C@H]1CC[C@@H](C[C@H](C)O)O1. The molecule has 94 valence electrons. The first kappa shape index (κ1) is 13.5. The third-order valence-electron chi connectivity index (χ3n) is 2.96. The molecule has 0 amide bonds. The number of aliphatic hydroxyl groups is 1. The number of rotatable bonds is 5. The Balaban J connectivity index is 2.37. The number of esters is 1. The lowest BCUT2D eigenvalue weighted by Crippen LogP contribution is -2.28. The summed E-state index contributed by atoms with van der Waals surface area (Å²) in [6.45, 7) is 5.81. The molecule has 1 heterocycles. The smallest absolute Gasteiger partial charge is 0.311 e. The van der Waals surface area contributed by atoms with Gasteiger partial charge in [0.05, 0.1) is 30.8 Å². The largest absolute Gasteiger partial charge is 0.466 e. The van der Waals surface area contributed by atoms with Crippen molar-refractivity contribution in [2.24, 2.45) is 5.92 Å². The maximum Gasteiger partial charge on any atom is 0.311 e. The van der Waals surface area contributed by atoms with Gasteiger partial charge in [0.2, 0.25) is 0 Å². The Morgan fingerprint density at radius 2 is 2.19 bits per heavy atom. The van der Waals surface area contributed by atoms with Crippen LogP contribution in [0, 0.1) is 5.92 Å². The van der Waals surface area contributed by atoms with Crippen molar-refractivity contribution < 1.29 is 19.4 Å². The summed E-state index contributed by atoms with van der Waals surface area (Å²) in [5.74, 6) is -0.399. The van der Waals surface area contributed by atoms with Gasteiger partial charge in [0.25, 0.3) is 0 Å². The van der Waals surface area contributed by atoms with Crippen molar-refractivity contribution in [1.82, 2.24) is 0 Å². The van der Waals surface area contributed by atoms with Gasteiger partial charge in [0, 0.05) is 0 Å². The second-order valence-corrected chi connectivity index (χ2v) is 4.50. The van der Waals surface area contributed by atoms with Crippen LogP contribution in [0.3, 0.4) is 0 Å². The Kier molecular flexibility index (Phi) is 5.22. The van der Waals surface area contributed by atoms with Crippen molar-refractivity contribution in [2.45, 2.75) is 58.3 Å². The third kappa shape index (κ3) is 3.76. The van der Waals surface area contributed by atoms with Gasteiger partial charge in [-0.3, -0.25) is 4.79 Å². The molecule has 1 aliphatic heterocycles. The maximum atomic E-state index is 11.5. The van der Waals surface area contributed by atoms with Crippen LogP contribution in [0.15, 0.2) is 0 Å². The second kappa shape index (κ2) is 6.21. The number of hydrogen-bond donors (Lipinski definition) is 1. The Hall–Kier alpha value is -0.610. The van der Waals surface area contributed by atoms with Crippen LogP contribution in [0.5, 0.6) is 0 Å². The first-order chi connectivity index (χ1) is 7.54. The van der Waals surface area contributed by atoms with Gasteiger partial charge in [-0.15, -0.1) is 0 Å². The minimum atomic E-state index is -0.346. The number of carbonyl (C=O) groups is 1. The molecule has 1 rings (SSSR count). The van der Waals surface area contributed by atoms with E-state index in [4.69, 9.17) is 9.47 Å². The lowest BCUT2D eigenvalue weighted by Gasteiger charge is -2.19. The highest BCUT2D eigenvalue weighted by Gasteiger charge is 2.33. The van der Waals surface area contributed by atoms with Crippen LogP contribution in [0.25, 0.3) is 0 Å². The van der Waals surface area contributed by atoms with Gasteiger partial charge < -0.3 is 14.6 Å². The number of hydrogen-bond acceptors (Lipinski definition) is 4. The quantitative estimate of drug-likeness (QED) is 0.727. The molecule has 4 atom stereocenters. The van der Waals surface area contributed by atoms with E-state index in [1.807, 2.05) is 6.92 Å². The summed E-state index contributed by atoms with van der Waals surface area (Å²) in [5.41, 5.74) is 0. The molecule has 0 aromatic rings. The van der Waals surface area contributed by atoms with Crippen LogP contribution >= 0.6 is 0 Å². The highest BCUT2D eigenvalue weighted by molar-refractivity contribution is 5.72. The van der Waals surface area contributed by atoms with Crippen LogP contribution < -0.4 is 0 Å². The van der Waals surface area contributed by atoms with Crippen molar-refractivity contribution in [3.63, 3.8) is 0 Å². The fourth-order valence-corrected chi connectivity index (χ4v) is 2.08. The van der Waals surface area contributed by atoms with E-state index in [0.29, 0.717) is 13.0 Å². The van der Waals surface area contributed by atoms with E-state index in [9.17, 15) is 9.90 Å². The van der Waals surface area contributed by atoms with Gasteiger partial charge in [-0.1, -0.05) is 0 Å². The fraction of sp³-hybridized carbons (Fsp3) is 0.917. The molecule has 0 radical (unpaired) electrons. The molecule has 0 spiro atoms. The molecule has 1 fully saturated rings. The third-order valence-corrected chi connectivity index (χ3v) is 2.96. The van der Waals surface area contributed by atoms with Crippen LogP contribution in [0.4, 0.5) is 0 Å². The van der Waals surface area contributed by atoms with E-state index in [1.165, 1.54) is 0 Å². The van der Waals surface area contributed by atoms with Crippen LogP contribution in [-0.4, -0.2) is 36.0 Å².